The average molecular weight is 306 g/mol. The van der Waals surface area contributed by atoms with Gasteiger partial charge < -0.3 is 10.4 Å². The maximum atomic E-state index is 13.6. The first-order chi connectivity index (χ1) is 10.1. The summed E-state index contributed by atoms with van der Waals surface area (Å²) in [7, 11) is 0. The van der Waals surface area contributed by atoms with Crippen molar-refractivity contribution in [1.29, 1.82) is 0 Å². The molecule has 2 N–H and O–H groups in total. The van der Waals surface area contributed by atoms with Crippen LogP contribution in [-0.4, -0.2) is 27.7 Å². The molecule has 1 heterocycles. The normalized spacial score (nSPS) is 10.1. The van der Waals surface area contributed by atoms with Crippen LogP contribution in [0.15, 0.2) is 47.6 Å². The number of carboxylic acid groups (broad SMARTS) is 1. The van der Waals surface area contributed by atoms with Crippen molar-refractivity contribution in [3.63, 3.8) is 0 Å². The third-order valence-corrected chi connectivity index (χ3v) is 3.54. The molecule has 0 radical (unpaired) electrons. The summed E-state index contributed by atoms with van der Waals surface area (Å²) in [6.07, 6.45) is 3.19. The molecule has 108 valence electrons. The molecule has 0 saturated heterocycles. The number of pyridine rings is 1. The number of benzene rings is 1. The molecule has 0 spiro atoms. The molecule has 1 aromatic carbocycles. The number of rotatable bonds is 5. The number of anilines is 1. The summed E-state index contributed by atoms with van der Waals surface area (Å²) in [6.45, 7) is 0. The number of hydrogen-bond acceptors (Lipinski definition) is 4. The van der Waals surface area contributed by atoms with E-state index in [4.69, 9.17) is 5.11 Å². The summed E-state index contributed by atoms with van der Waals surface area (Å²) in [5.74, 6) is -2.52. The second-order valence-electron chi connectivity index (χ2n) is 3.99. The zero-order valence-corrected chi connectivity index (χ0v) is 11.6. The van der Waals surface area contributed by atoms with Gasteiger partial charge in [-0.2, -0.15) is 0 Å². The first-order valence-corrected chi connectivity index (χ1v) is 6.91. The van der Waals surface area contributed by atoms with Gasteiger partial charge in [-0.15, -0.1) is 11.8 Å². The number of carboxylic acids is 1. The van der Waals surface area contributed by atoms with E-state index in [1.807, 2.05) is 0 Å². The van der Waals surface area contributed by atoms with Crippen LogP contribution in [-0.2, 0) is 4.79 Å². The van der Waals surface area contributed by atoms with E-state index >= 15 is 0 Å². The minimum atomic E-state index is -1.30. The summed E-state index contributed by atoms with van der Waals surface area (Å²) in [6, 6.07) is 7.09. The zero-order chi connectivity index (χ0) is 15.2. The Labute approximate surface area is 124 Å². The van der Waals surface area contributed by atoms with Gasteiger partial charge in [0.2, 0.25) is 5.91 Å². The van der Waals surface area contributed by atoms with E-state index in [9.17, 15) is 14.0 Å². The molecule has 2 rings (SSSR count). The minimum Gasteiger partial charge on any atom is -0.478 e. The van der Waals surface area contributed by atoms with E-state index in [0.717, 1.165) is 11.0 Å². The highest BCUT2D eigenvalue weighted by atomic mass is 32.2. The number of carbonyl (C=O) groups excluding carboxylic acids is 1. The van der Waals surface area contributed by atoms with Crippen LogP contribution >= 0.6 is 11.8 Å². The number of amides is 1. The number of hydrogen-bond donors (Lipinski definition) is 2. The van der Waals surface area contributed by atoms with E-state index in [2.05, 4.69) is 10.3 Å². The molecule has 1 amide bonds. The lowest BCUT2D eigenvalue weighted by Crippen LogP contribution is -2.17. The molecule has 1 aromatic heterocycles. The summed E-state index contributed by atoms with van der Waals surface area (Å²) in [4.78, 5) is 27.5. The number of nitrogens with one attached hydrogen (secondary N) is 1. The Morgan fingerprint density at radius 2 is 1.95 bits per heavy atom. The second kappa shape index (κ2) is 6.85. The second-order valence-corrected chi connectivity index (χ2v) is 5.04. The maximum absolute atomic E-state index is 13.6. The fourth-order valence-electron chi connectivity index (χ4n) is 1.59. The van der Waals surface area contributed by atoms with Crippen molar-refractivity contribution in [1.82, 2.24) is 4.98 Å². The highest BCUT2D eigenvalue weighted by Gasteiger charge is 2.16. The van der Waals surface area contributed by atoms with Gasteiger partial charge >= 0.3 is 5.97 Å². The summed E-state index contributed by atoms with van der Waals surface area (Å²) < 4.78 is 13.6. The van der Waals surface area contributed by atoms with Crippen LogP contribution in [0.1, 0.15) is 10.4 Å². The molecular weight excluding hydrogens is 295 g/mol. The highest BCUT2D eigenvalue weighted by Crippen LogP contribution is 2.21. The standard InChI is InChI=1S/C14H11FN2O3S/c15-11-3-1-2-10(14(19)20)13(11)17-12(18)8-21-9-4-6-16-7-5-9/h1-7H,8H2,(H,17,18)(H,19,20). The molecule has 0 atom stereocenters. The number of thioether (sulfide) groups is 1. The predicted octanol–water partition coefficient (Wildman–Crippen LogP) is 2.65. The van der Waals surface area contributed by atoms with Crippen LogP contribution in [0, 0.1) is 5.82 Å². The molecule has 5 nitrogen and oxygen atoms in total. The van der Waals surface area contributed by atoms with Gasteiger partial charge in [-0.25, -0.2) is 9.18 Å². The lowest BCUT2D eigenvalue weighted by molar-refractivity contribution is -0.113. The number of para-hydroxylation sites is 1. The zero-order valence-electron chi connectivity index (χ0n) is 10.7. The van der Waals surface area contributed by atoms with Gasteiger partial charge in [0.25, 0.3) is 0 Å². The number of halogens is 1. The third kappa shape index (κ3) is 4.03. The first kappa shape index (κ1) is 15.0. The van der Waals surface area contributed by atoms with Crippen molar-refractivity contribution >= 4 is 29.3 Å². The van der Waals surface area contributed by atoms with E-state index in [1.165, 1.54) is 23.9 Å². The number of aromatic carboxylic acids is 1. The van der Waals surface area contributed by atoms with Gasteiger partial charge in [-0.3, -0.25) is 9.78 Å². The summed E-state index contributed by atoms with van der Waals surface area (Å²) >= 11 is 1.25. The molecule has 2 aromatic rings. The molecule has 0 aliphatic heterocycles. The van der Waals surface area contributed by atoms with Gasteiger partial charge in [0, 0.05) is 17.3 Å². The van der Waals surface area contributed by atoms with Crippen molar-refractivity contribution in [2.75, 3.05) is 11.1 Å². The van der Waals surface area contributed by atoms with Gasteiger partial charge in [0.15, 0.2) is 0 Å². The van der Waals surface area contributed by atoms with E-state index in [1.54, 1.807) is 24.5 Å². The van der Waals surface area contributed by atoms with Crippen LogP contribution in [0.4, 0.5) is 10.1 Å². The van der Waals surface area contributed by atoms with E-state index in [-0.39, 0.29) is 17.0 Å². The molecule has 0 aliphatic rings. The lowest BCUT2D eigenvalue weighted by Gasteiger charge is -2.09. The van der Waals surface area contributed by atoms with E-state index in [0.29, 0.717) is 0 Å². The fourth-order valence-corrected chi connectivity index (χ4v) is 2.27. The van der Waals surface area contributed by atoms with Gasteiger partial charge in [0.1, 0.15) is 5.82 Å². The Hall–Kier alpha value is -2.41. The third-order valence-electron chi connectivity index (χ3n) is 2.53. The topological polar surface area (TPSA) is 79.3 Å². The molecular formula is C14H11FN2O3S. The lowest BCUT2D eigenvalue weighted by atomic mass is 10.1. The van der Waals surface area contributed by atoms with Crippen LogP contribution in [0.5, 0.6) is 0 Å². The van der Waals surface area contributed by atoms with Crippen molar-refractivity contribution in [2.45, 2.75) is 4.90 Å². The Kier molecular flexibility index (Phi) is 4.89. The van der Waals surface area contributed by atoms with Crippen LogP contribution < -0.4 is 5.32 Å². The molecule has 7 heteroatoms. The average Bonchev–Trinajstić information content (AvgIpc) is 2.48. The predicted molar refractivity (Wildman–Crippen MR) is 77.0 cm³/mol. The smallest absolute Gasteiger partial charge is 0.337 e. The quantitative estimate of drug-likeness (QED) is 0.830. The number of nitrogens with zero attached hydrogens (tertiary/aromatic N) is 1. The van der Waals surface area contributed by atoms with Crippen LogP contribution in [0.3, 0.4) is 0 Å². The summed E-state index contributed by atoms with van der Waals surface area (Å²) in [5.41, 5.74) is -0.595. The molecule has 0 bridgehead atoms. The molecule has 0 fully saturated rings. The minimum absolute atomic E-state index is 0.0391. The van der Waals surface area contributed by atoms with Crippen molar-refractivity contribution in [3.05, 3.63) is 54.1 Å². The number of aromatic nitrogens is 1. The van der Waals surface area contributed by atoms with Crippen LogP contribution in [0.2, 0.25) is 0 Å². The number of carbonyl (C=O) groups is 2. The van der Waals surface area contributed by atoms with E-state index < -0.39 is 17.7 Å². The Bertz CT molecular complexity index is 665. The molecule has 0 unspecified atom stereocenters. The van der Waals surface area contributed by atoms with Crippen LogP contribution in [0.25, 0.3) is 0 Å². The molecule has 0 aliphatic carbocycles. The Balaban J connectivity index is 2.05. The monoisotopic (exact) mass is 306 g/mol. The Morgan fingerprint density at radius 3 is 2.62 bits per heavy atom. The van der Waals surface area contributed by atoms with Gasteiger partial charge in [-0.05, 0) is 24.3 Å². The van der Waals surface area contributed by atoms with Gasteiger partial charge in [-0.1, -0.05) is 6.07 Å². The fraction of sp³-hybridized carbons (Fsp3) is 0.0714. The largest absolute Gasteiger partial charge is 0.478 e. The molecule has 21 heavy (non-hydrogen) atoms. The van der Waals surface area contributed by atoms with Crippen molar-refractivity contribution < 1.29 is 19.1 Å². The summed E-state index contributed by atoms with van der Waals surface area (Å²) in [5, 5.41) is 11.3. The SMILES string of the molecule is O=C(CSc1ccncc1)Nc1c(F)cccc1C(=O)O. The van der Waals surface area contributed by atoms with Gasteiger partial charge in [0.05, 0.1) is 17.0 Å². The van der Waals surface area contributed by atoms with Crippen molar-refractivity contribution in [3.8, 4) is 0 Å². The maximum Gasteiger partial charge on any atom is 0.337 e. The molecule has 0 saturated carbocycles. The van der Waals surface area contributed by atoms with Crippen molar-refractivity contribution in [2.24, 2.45) is 0 Å². The first-order valence-electron chi connectivity index (χ1n) is 5.92. The highest BCUT2D eigenvalue weighted by molar-refractivity contribution is 8.00. The Morgan fingerprint density at radius 1 is 1.24 bits per heavy atom.